The van der Waals surface area contributed by atoms with Gasteiger partial charge in [0.15, 0.2) is 0 Å². The van der Waals surface area contributed by atoms with Gasteiger partial charge in [0.05, 0.1) is 23.8 Å². The second-order valence-electron chi connectivity index (χ2n) is 5.29. The third-order valence-corrected chi connectivity index (χ3v) is 3.94. The molecule has 1 aliphatic rings. The van der Waals surface area contributed by atoms with Crippen LogP contribution in [0.5, 0.6) is 0 Å². The molecule has 114 valence electrons. The fourth-order valence-corrected chi connectivity index (χ4v) is 2.77. The lowest BCUT2D eigenvalue weighted by molar-refractivity contribution is -0.142. The van der Waals surface area contributed by atoms with E-state index >= 15 is 0 Å². The summed E-state index contributed by atoms with van der Waals surface area (Å²) in [5.74, 6) is -2.34. The second kappa shape index (κ2) is 5.25. The Morgan fingerprint density at radius 3 is 2.68 bits per heavy atom. The van der Waals surface area contributed by atoms with Gasteiger partial charge in [0, 0.05) is 25.2 Å². The molecule has 6 nitrogen and oxygen atoms in total. The number of aromatic nitrogens is 2. The number of halogens is 1. The van der Waals surface area contributed by atoms with E-state index in [9.17, 15) is 19.1 Å². The van der Waals surface area contributed by atoms with Gasteiger partial charge in [-0.3, -0.25) is 9.59 Å². The molecule has 1 N–H and O–H groups in total. The first-order chi connectivity index (χ1) is 10.5. The van der Waals surface area contributed by atoms with Crippen LogP contribution >= 0.6 is 0 Å². The molecule has 7 heteroatoms. The normalized spacial score (nSPS) is 21.4. The number of benzene rings is 1. The van der Waals surface area contributed by atoms with E-state index in [1.54, 1.807) is 31.6 Å². The Bertz CT molecular complexity index is 726. The molecular formula is C15H14FN3O3. The smallest absolute Gasteiger partial charge is 0.309 e. The maximum atomic E-state index is 12.9. The van der Waals surface area contributed by atoms with Crippen molar-refractivity contribution in [1.29, 1.82) is 0 Å². The summed E-state index contributed by atoms with van der Waals surface area (Å²) in [6, 6.07) is 5.25. The lowest BCUT2D eigenvalue weighted by Crippen LogP contribution is -2.26. The zero-order chi connectivity index (χ0) is 15.9. The van der Waals surface area contributed by atoms with Gasteiger partial charge in [-0.15, -0.1) is 0 Å². The van der Waals surface area contributed by atoms with Gasteiger partial charge in [-0.2, -0.15) is 5.10 Å². The maximum Gasteiger partial charge on any atom is 0.309 e. The molecular weight excluding hydrogens is 289 g/mol. The summed E-state index contributed by atoms with van der Waals surface area (Å²) in [4.78, 5) is 24.6. The van der Waals surface area contributed by atoms with Gasteiger partial charge < -0.3 is 10.0 Å². The Hall–Kier alpha value is -2.70. The van der Waals surface area contributed by atoms with Crippen LogP contribution in [-0.4, -0.2) is 38.7 Å². The Morgan fingerprint density at radius 2 is 2.05 bits per heavy atom. The predicted octanol–water partition coefficient (Wildman–Crippen LogP) is 1.62. The average Bonchev–Trinajstić information content (AvgIpc) is 3.06. The Labute approximate surface area is 125 Å². The van der Waals surface area contributed by atoms with Crippen molar-refractivity contribution in [2.45, 2.75) is 12.5 Å². The van der Waals surface area contributed by atoms with Crippen LogP contribution in [0.4, 0.5) is 4.39 Å². The first-order valence-corrected chi connectivity index (χ1v) is 6.76. The van der Waals surface area contributed by atoms with Crippen LogP contribution in [0.25, 0.3) is 5.69 Å². The molecule has 1 aromatic heterocycles. The van der Waals surface area contributed by atoms with Crippen molar-refractivity contribution in [3.63, 3.8) is 0 Å². The topological polar surface area (TPSA) is 75.4 Å². The van der Waals surface area contributed by atoms with E-state index in [0.29, 0.717) is 11.3 Å². The molecule has 0 radical (unpaired) electrons. The van der Waals surface area contributed by atoms with Crippen LogP contribution < -0.4 is 0 Å². The van der Waals surface area contributed by atoms with Crippen LogP contribution in [-0.2, 0) is 9.59 Å². The second-order valence-corrected chi connectivity index (χ2v) is 5.29. The highest BCUT2D eigenvalue weighted by atomic mass is 19.1. The predicted molar refractivity (Wildman–Crippen MR) is 74.8 cm³/mol. The van der Waals surface area contributed by atoms with Crippen LogP contribution in [0.1, 0.15) is 18.0 Å². The zero-order valence-corrected chi connectivity index (χ0v) is 11.8. The van der Waals surface area contributed by atoms with Gasteiger partial charge in [0.1, 0.15) is 5.82 Å². The molecule has 2 aromatic rings. The zero-order valence-electron chi connectivity index (χ0n) is 11.8. The standard InChI is InChI=1S/C15H14FN3O3/c1-18-13(20)6-12(15(21)22)14(18)9-7-17-19(8-9)11-4-2-10(16)3-5-11/h2-5,7-8,12,14H,6H2,1H3,(H,21,22)/t12-,14-/m1/s1. The summed E-state index contributed by atoms with van der Waals surface area (Å²) in [6.07, 6.45) is 3.19. The molecule has 22 heavy (non-hydrogen) atoms. The highest BCUT2D eigenvalue weighted by Gasteiger charge is 2.43. The highest BCUT2D eigenvalue weighted by molar-refractivity contribution is 5.87. The molecule has 2 heterocycles. The minimum atomic E-state index is -1.00. The fraction of sp³-hybridized carbons (Fsp3) is 0.267. The molecule has 1 fully saturated rings. The van der Waals surface area contributed by atoms with E-state index in [-0.39, 0.29) is 18.1 Å². The number of carbonyl (C=O) groups excluding carboxylic acids is 1. The van der Waals surface area contributed by atoms with Crippen LogP contribution in [0.2, 0.25) is 0 Å². The number of carbonyl (C=O) groups is 2. The Morgan fingerprint density at radius 1 is 1.36 bits per heavy atom. The summed E-state index contributed by atoms with van der Waals surface area (Å²) in [5.41, 5.74) is 1.30. The average molecular weight is 303 g/mol. The van der Waals surface area contributed by atoms with Gasteiger partial charge >= 0.3 is 5.97 Å². The molecule has 1 amide bonds. The summed E-state index contributed by atoms with van der Waals surface area (Å²) in [6.45, 7) is 0. The van der Waals surface area contributed by atoms with Gasteiger partial charge in [0.2, 0.25) is 5.91 Å². The van der Waals surface area contributed by atoms with E-state index < -0.39 is 17.9 Å². The van der Waals surface area contributed by atoms with E-state index in [1.807, 2.05) is 0 Å². The molecule has 1 aromatic carbocycles. The van der Waals surface area contributed by atoms with Crippen molar-refractivity contribution >= 4 is 11.9 Å². The van der Waals surface area contributed by atoms with Crippen molar-refractivity contribution in [2.24, 2.45) is 5.92 Å². The molecule has 0 unspecified atom stereocenters. The molecule has 0 bridgehead atoms. The Kier molecular flexibility index (Phi) is 3.40. The van der Waals surface area contributed by atoms with Crippen molar-refractivity contribution in [3.05, 3.63) is 48.0 Å². The number of aliphatic carboxylic acids is 1. The molecule has 1 saturated heterocycles. The largest absolute Gasteiger partial charge is 0.481 e. The van der Waals surface area contributed by atoms with E-state index in [1.165, 1.54) is 21.7 Å². The molecule has 0 saturated carbocycles. The first kappa shape index (κ1) is 14.2. The molecule has 3 rings (SSSR count). The fourth-order valence-electron chi connectivity index (χ4n) is 2.77. The SMILES string of the molecule is CN1C(=O)C[C@@H](C(=O)O)[C@H]1c1cnn(-c2ccc(F)cc2)c1. The van der Waals surface area contributed by atoms with E-state index in [0.717, 1.165) is 0 Å². The third kappa shape index (κ3) is 2.34. The molecule has 0 aliphatic carbocycles. The lowest BCUT2D eigenvalue weighted by Gasteiger charge is -2.21. The van der Waals surface area contributed by atoms with Gasteiger partial charge in [-0.05, 0) is 24.3 Å². The van der Waals surface area contributed by atoms with Gasteiger partial charge in [0.25, 0.3) is 0 Å². The summed E-state index contributed by atoms with van der Waals surface area (Å²) >= 11 is 0. The first-order valence-electron chi connectivity index (χ1n) is 6.76. The van der Waals surface area contributed by atoms with Crippen molar-refractivity contribution in [3.8, 4) is 5.69 Å². The third-order valence-electron chi connectivity index (χ3n) is 3.94. The van der Waals surface area contributed by atoms with Gasteiger partial charge in [-0.1, -0.05) is 0 Å². The molecule has 2 atom stereocenters. The molecule has 0 spiro atoms. The van der Waals surface area contributed by atoms with Crippen molar-refractivity contribution in [2.75, 3.05) is 7.05 Å². The lowest BCUT2D eigenvalue weighted by atomic mass is 9.96. The van der Waals surface area contributed by atoms with Crippen molar-refractivity contribution in [1.82, 2.24) is 14.7 Å². The van der Waals surface area contributed by atoms with E-state index in [2.05, 4.69) is 5.10 Å². The number of carboxylic acid groups (broad SMARTS) is 1. The number of nitrogens with zero attached hydrogens (tertiary/aromatic N) is 3. The number of rotatable bonds is 3. The van der Waals surface area contributed by atoms with Gasteiger partial charge in [-0.25, -0.2) is 9.07 Å². The minimum absolute atomic E-state index is 0.0156. The number of likely N-dealkylation sites (tertiary alicyclic amines) is 1. The number of hydrogen-bond acceptors (Lipinski definition) is 3. The number of hydrogen-bond donors (Lipinski definition) is 1. The quantitative estimate of drug-likeness (QED) is 0.935. The number of amides is 1. The Balaban J connectivity index is 1.94. The van der Waals surface area contributed by atoms with Crippen LogP contribution in [0, 0.1) is 11.7 Å². The van der Waals surface area contributed by atoms with Crippen molar-refractivity contribution < 1.29 is 19.1 Å². The maximum absolute atomic E-state index is 12.9. The summed E-state index contributed by atoms with van der Waals surface area (Å²) < 4.78 is 14.5. The summed E-state index contributed by atoms with van der Waals surface area (Å²) in [7, 11) is 1.59. The molecule has 1 aliphatic heterocycles. The highest BCUT2D eigenvalue weighted by Crippen LogP contribution is 2.37. The number of carboxylic acids is 1. The van der Waals surface area contributed by atoms with Crippen LogP contribution in [0.3, 0.4) is 0 Å². The van der Waals surface area contributed by atoms with Crippen LogP contribution in [0.15, 0.2) is 36.7 Å². The van der Waals surface area contributed by atoms with E-state index in [4.69, 9.17) is 0 Å². The monoisotopic (exact) mass is 303 g/mol. The summed E-state index contributed by atoms with van der Waals surface area (Å²) in [5, 5.41) is 13.5. The minimum Gasteiger partial charge on any atom is -0.481 e.